The second-order valence-electron chi connectivity index (χ2n) is 7.67. The van der Waals surface area contributed by atoms with Crippen LogP contribution < -0.4 is 17.2 Å². The fourth-order valence-corrected chi connectivity index (χ4v) is 3.87. The van der Waals surface area contributed by atoms with E-state index in [0.29, 0.717) is 19.3 Å². The Hall–Kier alpha value is -0.580. The van der Waals surface area contributed by atoms with E-state index in [1.54, 1.807) is 0 Å². The number of nitrogens with two attached hydrogens (primary N) is 3. The summed E-state index contributed by atoms with van der Waals surface area (Å²) in [6.45, 7) is 1.91. The van der Waals surface area contributed by atoms with Crippen molar-refractivity contribution in [3.05, 3.63) is 12.2 Å². The van der Waals surface area contributed by atoms with Crippen LogP contribution >= 0.6 is 0 Å². The van der Waals surface area contributed by atoms with E-state index in [2.05, 4.69) is 0 Å². The molecule has 0 aromatic carbocycles. The van der Waals surface area contributed by atoms with Gasteiger partial charge < -0.3 is 41.3 Å². The van der Waals surface area contributed by atoms with Crippen molar-refractivity contribution >= 4 is 0 Å². The Bertz CT molecular complexity index is 478. The third-order valence-corrected chi connectivity index (χ3v) is 5.29. The van der Waals surface area contributed by atoms with Crippen LogP contribution in [-0.2, 0) is 18.9 Å². The zero-order valence-corrected chi connectivity index (χ0v) is 15.4. The molecule has 7 N–H and O–H groups in total. The maximum absolute atomic E-state index is 9.23. The molecule has 1 saturated carbocycles. The molecule has 26 heavy (non-hydrogen) atoms. The van der Waals surface area contributed by atoms with Gasteiger partial charge in [0.05, 0.1) is 24.9 Å². The molecule has 0 aromatic rings. The van der Waals surface area contributed by atoms with Gasteiger partial charge in [0, 0.05) is 31.0 Å². The van der Waals surface area contributed by atoms with E-state index in [-0.39, 0.29) is 55.4 Å². The standard InChI is InChI=1S/C18H33N3O5/c1-10(19)14-3-2-4-16(24-14)26-18-13(21)7-11(20)8-15(18)25-17-6-5-12(9-22)23-17/h2-3,10-18,22H,4-9,19-21H2,1H3/t10?,11?,12?,13?,14?,15?,16-,17?,18-/m1/s1. The normalized spacial score (nSPS) is 45.0. The summed E-state index contributed by atoms with van der Waals surface area (Å²) in [6.07, 6.45) is 5.83. The molecule has 0 spiro atoms. The number of ether oxygens (including phenoxy) is 4. The highest BCUT2D eigenvalue weighted by molar-refractivity contribution is 4.99. The molecule has 0 bridgehead atoms. The quantitative estimate of drug-likeness (QED) is 0.468. The molecule has 150 valence electrons. The van der Waals surface area contributed by atoms with Gasteiger partial charge in [0.2, 0.25) is 0 Å². The van der Waals surface area contributed by atoms with Crippen molar-refractivity contribution in [2.45, 2.75) is 94.1 Å². The number of aliphatic hydroxyl groups is 1. The number of aliphatic hydroxyl groups excluding tert-OH is 1. The van der Waals surface area contributed by atoms with E-state index in [1.807, 2.05) is 19.1 Å². The molecule has 1 saturated heterocycles. The van der Waals surface area contributed by atoms with Crippen LogP contribution in [0.25, 0.3) is 0 Å². The molecule has 8 nitrogen and oxygen atoms in total. The van der Waals surface area contributed by atoms with Gasteiger partial charge in [-0.05, 0) is 26.2 Å². The van der Waals surface area contributed by atoms with Crippen molar-refractivity contribution in [3.8, 4) is 0 Å². The first-order valence-corrected chi connectivity index (χ1v) is 9.62. The van der Waals surface area contributed by atoms with Crippen LogP contribution in [0.4, 0.5) is 0 Å². The number of hydrogen-bond acceptors (Lipinski definition) is 8. The third kappa shape index (κ3) is 5.02. The van der Waals surface area contributed by atoms with Crippen LogP contribution in [0.15, 0.2) is 12.2 Å². The molecular formula is C18H33N3O5. The lowest BCUT2D eigenvalue weighted by atomic mass is 9.87. The minimum atomic E-state index is -0.401. The summed E-state index contributed by atoms with van der Waals surface area (Å²) in [4.78, 5) is 0. The molecule has 1 aliphatic carbocycles. The lowest BCUT2D eigenvalue weighted by Gasteiger charge is -2.42. The zero-order valence-electron chi connectivity index (χ0n) is 15.4. The summed E-state index contributed by atoms with van der Waals surface area (Å²) in [7, 11) is 0. The molecule has 2 aliphatic heterocycles. The smallest absolute Gasteiger partial charge is 0.162 e. The van der Waals surface area contributed by atoms with Crippen molar-refractivity contribution in [1.29, 1.82) is 0 Å². The predicted octanol–water partition coefficient (Wildman–Crippen LogP) is -0.279. The summed E-state index contributed by atoms with van der Waals surface area (Å²) in [5.41, 5.74) is 18.4. The summed E-state index contributed by atoms with van der Waals surface area (Å²) in [6, 6.07) is -0.378. The van der Waals surface area contributed by atoms with Gasteiger partial charge >= 0.3 is 0 Å². The Kier molecular flexibility index (Phi) is 7.04. The highest BCUT2D eigenvalue weighted by Crippen LogP contribution is 2.30. The molecule has 7 unspecified atom stereocenters. The Morgan fingerprint density at radius 2 is 1.96 bits per heavy atom. The second-order valence-corrected chi connectivity index (χ2v) is 7.67. The lowest BCUT2D eigenvalue weighted by molar-refractivity contribution is -0.251. The fraction of sp³-hybridized carbons (Fsp3) is 0.889. The highest BCUT2D eigenvalue weighted by atomic mass is 16.7. The molecule has 0 amide bonds. The largest absolute Gasteiger partial charge is 0.394 e. The predicted molar refractivity (Wildman–Crippen MR) is 96.0 cm³/mol. The minimum Gasteiger partial charge on any atom is -0.394 e. The van der Waals surface area contributed by atoms with Gasteiger partial charge in [0.15, 0.2) is 12.6 Å². The Morgan fingerprint density at radius 1 is 1.15 bits per heavy atom. The van der Waals surface area contributed by atoms with Gasteiger partial charge in [-0.15, -0.1) is 0 Å². The second kappa shape index (κ2) is 9.07. The van der Waals surface area contributed by atoms with Gasteiger partial charge in [-0.1, -0.05) is 12.2 Å². The maximum Gasteiger partial charge on any atom is 0.162 e. The van der Waals surface area contributed by atoms with Gasteiger partial charge in [-0.25, -0.2) is 0 Å². The first kappa shape index (κ1) is 20.2. The average Bonchev–Trinajstić information content (AvgIpc) is 3.06. The maximum atomic E-state index is 9.23. The highest BCUT2D eigenvalue weighted by Gasteiger charge is 2.41. The summed E-state index contributed by atoms with van der Waals surface area (Å²) < 4.78 is 24.0. The van der Waals surface area contributed by atoms with Gasteiger partial charge in [-0.3, -0.25) is 0 Å². The van der Waals surface area contributed by atoms with E-state index < -0.39 is 6.29 Å². The first-order valence-electron chi connectivity index (χ1n) is 9.62. The number of rotatable bonds is 6. The lowest BCUT2D eigenvalue weighted by Crippen LogP contribution is -2.57. The van der Waals surface area contributed by atoms with Crippen LogP contribution in [0.3, 0.4) is 0 Å². The molecule has 0 aromatic heterocycles. The molecule has 3 rings (SSSR count). The molecule has 2 heterocycles. The summed E-state index contributed by atoms with van der Waals surface area (Å²) >= 11 is 0. The molecule has 2 fully saturated rings. The van der Waals surface area contributed by atoms with Crippen LogP contribution in [0.2, 0.25) is 0 Å². The van der Waals surface area contributed by atoms with E-state index in [0.717, 1.165) is 12.8 Å². The van der Waals surface area contributed by atoms with Crippen molar-refractivity contribution in [3.63, 3.8) is 0 Å². The molecule has 3 aliphatic rings. The number of hydrogen-bond donors (Lipinski definition) is 4. The Labute approximate surface area is 155 Å². The molecule has 0 radical (unpaired) electrons. The molecular weight excluding hydrogens is 338 g/mol. The fourth-order valence-electron chi connectivity index (χ4n) is 3.87. The average molecular weight is 371 g/mol. The van der Waals surface area contributed by atoms with E-state index in [4.69, 9.17) is 36.1 Å². The van der Waals surface area contributed by atoms with Crippen molar-refractivity contribution in [2.75, 3.05) is 6.61 Å². The Balaban J connectivity index is 1.61. The van der Waals surface area contributed by atoms with Crippen LogP contribution in [-0.4, -0.2) is 66.8 Å². The monoisotopic (exact) mass is 371 g/mol. The third-order valence-electron chi connectivity index (χ3n) is 5.29. The van der Waals surface area contributed by atoms with Crippen molar-refractivity contribution in [2.24, 2.45) is 17.2 Å². The Morgan fingerprint density at radius 3 is 2.65 bits per heavy atom. The molecule has 9 atom stereocenters. The first-order chi connectivity index (χ1) is 12.5. The van der Waals surface area contributed by atoms with Gasteiger partial charge in [0.25, 0.3) is 0 Å². The summed E-state index contributed by atoms with van der Waals surface area (Å²) in [5.74, 6) is 0. The van der Waals surface area contributed by atoms with Gasteiger partial charge in [-0.2, -0.15) is 0 Å². The van der Waals surface area contributed by atoms with E-state index in [9.17, 15) is 5.11 Å². The van der Waals surface area contributed by atoms with Crippen LogP contribution in [0.5, 0.6) is 0 Å². The van der Waals surface area contributed by atoms with E-state index in [1.165, 1.54) is 0 Å². The topological polar surface area (TPSA) is 135 Å². The van der Waals surface area contributed by atoms with E-state index >= 15 is 0 Å². The minimum absolute atomic E-state index is 0.00436. The molecule has 8 heteroatoms. The van der Waals surface area contributed by atoms with Crippen LogP contribution in [0, 0.1) is 0 Å². The SMILES string of the molecule is CC(N)C1C=CC[C@@H](O[C@@H]2C(N)CC(N)CC2OC2CCC(CO)O2)O1. The zero-order chi connectivity index (χ0) is 18.7. The van der Waals surface area contributed by atoms with Crippen molar-refractivity contribution in [1.82, 2.24) is 0 Å². The van der Waals surface area contributed by atoms with Crippen molar-refractivity contribution < 1.29 is 24.1 Å². The van der Waals surface area contributed by atoms with Crippen LogP contribution in [0.1, 0.15) is 39.0 Å². The van der Waals surface area contributed by atoms with Gasteiger partial charge in [0.1, 0.15) is 6.10 Å². The summed E-state index contributed by atoms with van der Waals surface area (Å²) in [5, 5.41) is 9.23.